The Kier molecular flexibility index (Phi) is 3.06. The molecule has 4 aliphatic heterocycles. The van der Waals surface area contributed by atoms with Crippen molar-refractivity contribution in [3.8, 4) is 0 Å². The number of para-hydroxylation sites is 1. The van der Waals surface area contributed by atoms with Crippen molar-refractivity contribution >= 4 is 11.7 Å². The monoisotopic (exact) mass is 368 g/mol. The molecular formula is C21H24N2O4. The fourth-order valence-electron chi connectivity index (χ4n) is 7.20. The number of fused-ring (bicyclic) bond motifs is 2. The van der Waals surface area contributed by atoms with Gasteiger partial charge in [-0.3, -0.25) is 4.79 Å². The SMILES string of the molecule is O=C(O)C[C@@H]1OCC=C2C[N@@+]3([O-])CC[C@@]45c6ccccc6N[C@@H]4[C@@H]1[C@@H]2C[C@H]53. The molecule has 0 unspecified atom stereocenters. The predicted molar refractivity (Wildman–Crippen MR) is 99.0 cm³/mol. The van der Waals surface area contributed by atoms with Gasteiger partial charge in [-0.15, -0.1) is 0 Å². The lowest BCUT2D eigenvalue weighted by Gasteiger charge is -2.60. The number of carboxylic acid groups (broad SMARTS) is 1. The van der Waals surface area contributed by atoms with E-state index in [-0.39, 0.29) is 46.5 Å². The summed E-state index contributed by atoms with van der Waals surface area (Å²) in [5.41, 5.74) is 3.38. The van der Waals surface area contributed by atoms with Gasteiger partial charge in [0, 0.05) is 30.5 Å². The van der Waals surface area contributed by atoms with Gasteiger partial charge in [0.05, 0.1) is 31.1 Å². The molecule has 6 rings (SSSR count). The summed E-state index contributed by atoms with van der Waals surface area (Å²) in [5, 5.41) is 27.1. The van der Waals surface area contributed by atoms with Crippen molar-refractivity contribution in [1.82, 2.24) is 0 Å². The van der Waals surface area contributed by atoms with Crippen molar-refractivity contribution in [2.24, 2.45) is 11.8 Å². The summed E-state index contributed by atoms with van der Waals surface area (Å²) in [4.78, 5) is 11.6. The highest BCUT2D eigenvalue weighted by atomic mass is 16.6. The first-order valence-corrected chi connectivity index (χ1v) is 9.99. The standard InChI is InChI=1S/C21H24N2O4/c24-18(25)10-16-19-13-9-17-21(14-3-1-2-4-15(14)22-20(19)21)6-7-23(17,26)11-12(13)5-8-27-16/h1-5,13,16-17,19-20,22H,6-11H2,(H,24,25)/t13-,16+,17-,19-,20-,21+,23+/m1/s1. The molecule has 4 heterocycles. The third kappa shape index (κ3) is 1.88. The number of rotatable bonds is 2. The maximum absolute atomic E-state index is 13.8. The highest BCUT2D eigenvalue weighted by molar-refractivity contribution is 5.68. The molecular weight excluding hydrogens is 344 g/mol. The van der Waals surface area contributed by atoms with Crippen LogP contribution in [-0.2, 0) is 14.9 Å². The Morgan fingerprint density at radius 3 is 3.11 bits per heavy atom. The van der Waals surface area contributed by atoms with Crippen LogP contribution in [0.25, 0.3) is 0 Å². The number of anilines is 1. The van der Waals surface area contributed by atoms with Crippen molar-refractivity contribution in [3.05, 3.63) is 46.7 Å². The van der Waals surface area contributed by atoms with Gasteiger partial charge in [0.25, 0.3) is 0 Å². The van der Waals surface area contributed by atoms with Gasteiger partial charge in [-0.2, -0.15) is 0 Å². The number of ether oxygens (including phenoxy) is 1. The highest BCUT2D eigenvalue weighted by Crippen LogP contribution is 2.64. The molecule has 1 aliphatic carbocycles. The van der Waals surface area contributed by atoms with Crippen LogP contribution >= 0.6 is 0 Å². The van der Waals surface area contributed by atoms with Gasteiger partial charge in [0.2, 0.25) is 0 Å². The molecule has 6 nitrogen and oxygen atoms in total. The quantitative estimate of drug-likeness (QED) is 0.475. The fourth-order valence-corrected chi connectivity index (χ4v) is 7.20. The number of nitrogens with zero attached hydrogens (tertiary/aromatic N) is 1. The van der Waals surface area contributed by atoms with E-state index in [2.05, 4.69) is 29.6 Å². The van der Waals surface area contributed by atoms with Crippen molar-refractivity contribution in [1.29, 1.82) is 0 Å². The number of aliphatic carboxylic acids is 1. The van der Waals surface area contributed by atoms with E-state index in [1.54, 1.807) is 0 Å². The van der Waals surface area contributed by atoms with E-state index < -0.39 is 5.97 Å². The summed E-state index contributed by atoms with van der Waals surface area (Å²) in [6.45, 7) is 1.61. The Morgan fingerprint density at radius 1 is 1.41 bits per heavy atom. The van der Waals surface area contributed by atoms with E-state index in [1.807, 2.05) is 6.07 Å². The lowest BCUT2D eigenvalue weighted by molar-refractivity contribution is -0.896. The van der Waals surface area contributed by atoms with Crippen LogP contribution in [0.5, 0.6) is 0 Å². The number of benzene rings is 1. The lowest BCUT2D eigenvalue weighted by Crippen LogP contribution is -2.68. The third-order valence-electron chi connectivity index (χ3n) is 8.08. The number of hydrogen-bond donors (Lipinski definition) is 2. The second-order valence-electron chi connectivity index (χ2n) is 8.98. The number of nitrogens with one attached hydrogen (secondary N) is 1. The molecule has 3 fully saturated rings. The molecule has 27 heavy (non-hydrogen) atoms. The fraction of sp³-hybridized carbons (Fsp3) is 0.571. The van der Waals surface area contributed by atoms with Crippen molar-refractivity contribution < 1.29 is 19.3 Å². The van der Waals surface area contributed by atoms with Gasteiger partial charge >= 0.3 is 5.97 Å². The van der Waals surface area contributed by atoms with Crippen LogP contribution < -0.4 is 5.32 Å². The molecule has 2 saturated heterocycles. The van der Waals surface area contributed by atoms with Crippen molar-refractivity contribution in [3.63, 3.8) is 0 Å². The summed E-state index contributed by atoms with van der Waals surface area (Å²) in [6, 6.07) is 8.50. The van der Waals surface area contributed by atoms with Gasteiger partial charge in [-0.1, -0.05) is 24.3 Å². The molecule has 142 valence electrons. The largest absolute Gasteiger partial charge is 0.632 e. The number of quaternary nitrogens is 1. The van der Waals surface area contributed by atoms with Crippen LogP contribution in [0.2, 0.25) is 0 Å². The summed E-state index contributed by atoms with van der Waals surface area (Å²) in [7, 11) is 0. The number of carboxylic acids is 1. The molecule has 2 bridgehead atoms. The van der Waals surface area contributed by atoms with Gasteiger partial charge in [-0.05, 0) is 23.1 Å². The molecule has 1 aromatic carbocycles. The summed E-state index contributed by atoms with van der Waals surface area (Å²) in [5.74, 6) is -0.475. The molecule has 0 aromatic heterocycles. The second-order valence-corrected chi connectivity index (χ2v) is 8.98. The summed E-state index contributed by atoms with van der Waals surface area (Å²) < 4.78 is 5.95. The van der Waals surface area contributed by atoms with E-state index in [0.717, 1.165) is 18.5 Å². The first kappa shape index (κ1) is 16.1. The van der Waals surface area contributed by atoms with Gasteiger partial charge in [0.1, 0.15) is 12.6 Å². The average Bonchev–Trinajstić information content (AvgIpc) is 3.08. The molecule has 6 heteroatoms. The Labute approximate surface area is 158 Å². The minimum atomic E-state index is -0.814. The van der Waals surface area contributed by atoms with Crippen LogP contribution in [0.1, 0.15) is 24.8 Å². The minimum Gasteiger partial charge on any atom is -0.632 e. The molecule has 0 radical (unpaired) electrons. The second kappa shape index (κ2) is 5.13. The van der Waals surface area contributed by atoms with Crippen LogP contribution in [0, 0.1) is 17.0 Å². The summed E-state index contributed by atoms with van der Waals surface area (Å²) in [6.07, 6.45) is 3.49. The molecule has 1 aromatic rings. The van der Waals surface area contributed by atoms with Crippen LogP contribution in [0.4, 0.5) is 5.69 Å². The smallest absolute Gasteiger partial charge is 0.305 e. The number of carbonyl (C=O) groups is 1. The van der Waals surface area contributed by atoms with E-state index in [0.29, 0.717) is 19.7 Å². The third-order valence-corrected chi connectivity index (χ3v) is 8.08. The molecule has 1 spiro atoms. The van der Waals surface area contributed by atoms with E-state index in [4.69, 9.17) is 4.74 Å². The first-order chi connectivity index (χ1) is 13.0. The molecule has 7 atom stereocenters. The van der Waals surface area contributed by atoms with Crippen molar-refractivity contribution in [2.75, 3.05) is 25.0 Å². The summed E-state index contributed by atoms with van der Waals surface area (Å²) >= 11 is 0. The topological polar surface area (TPSA) is 81.6 Å². The first-order valence-electron chi connectivity index (χ1n) is 9.99. The Hall–Kier alpha value is -1.89. The Balaban J connectivity index is 1.55. The average molecular weight is 368 g/mol. The number of piperidine rings is 1. The lowest BCUT2D eigenvalue weighted by atomic mass is 9.54. The zero-order valence-electron chi connectivity index (χ0n) is 15.1. The van der Waals surface area contributed by atoms with Crippen LogP contribution in [0.3, 0.4) is 0 Å². The van der Waals surface area contributed by atoms with E-state index >= 15 is 0 Å². The van der Waals surface area contributed by atoms with Crippen molar-refractivity contribution in [2.45, 2.75) is 42.9 Å². The van der Waals surface area contributed by atoms with E-state index in [1.165, 1.54) is 11.1 Å². The number of hydroxylamine groups is 3. The zero-order chi connectivity index (χ0) is 18.4. The Morgan fingerprint density at radius 2 is 2.26 bits per heavy atom. The molecule has 0 amide bonds. The zero-order valence-corrected chi connectivity index (χ0v) is 15.1. The highest BCUT2D eigenvalue weighted by Gasteiger charge is 2.71. The van der Waals surface area contributed by atoms with Crippen LogP contribution in [-0.4, -0.2) is 53.6 Å². The Bertz CT molecular complexity index is 869. The maximum Gasteiger partial charge on any atom is 0.305 e. The maximum atomic E-state index is 13.8. The normalized spacial score (nSPS) is 46.0. The molecule has 1 saturated carbocycles. The van der Waals surface area contributed by atoms with E-state index in [9.17, 15) is 15.1 Å². The van der Waals surface area contributed by atoms with Gasteiger partial charge in [0.15, 0.2) is 0 Å². The van der Waals surface area contributed by atoms with Crippen LogP contribution in [0.15, 0.2) is 35.9 Å². The number of hydrogen-bond acceptors (Lipinski definition) is 4. The van der Waals surface area contributed by atoms with Gasteiger partial charge in [-0.25, -0.2) is 0 Å². The minimum absolute atomic E-state index is 0.0228. The molecule has 5 aliphatic rings. The predicted octanol–water partition coefficient (Wildman–Crippen LogP) is 2.25. The molecule has 2 N–H and O–H groups in total. The van der Waals surface area contributed by atoms with Gasteiger partial charge < -0.3 is 25.0 Å².